The van der Waals surface area contributed by atoms with Crippen LogP contribution in [-0.4, -0.2) is 59.1 Å². The number of halogens is 1. The first-order valence-corrected chi connectivity index (χ1v) is 7.05. The number of nitrogens with two attached hydrogens (primary N) is 1. The fourth-order valence-electron chi connectivity index (χ4n) is 2.55. The van der Waals surface area contributed by atoms with Crippen LogP contribution in [0, 0.1) is 5.82 Å². The van der Waals surface area contributed by atoms with E-state index < -0.39 is 11.4 Å². The second-order valence-electron chi connectivity index (χ2n) is 6.11. The minimum absolute atomic E-state index is 0.166. The SMILES string of the molecule is CC(C)(O)CN1CCN(C(=O)c2ccc(F)cc2N)CC1. The predicted octanol–water partition coefficient (Wildman–Crippen LogP) is 0.937. The highest BCUT2D eigenvalue weighted by Gasteiger charge is 2.26. The third-order valence-corrected chi connectivity index (χ3v) is 3.51. The maximum atomic E-state index is 13.0. The number of aliphatic hydroxyl groups is 1. The van der Waals surface area contributed by atoms with Gasteiger partial charge in [-0.15, -0.1) is 0 Å². The molecule has 0 bridgehead atoms. The molecule has 1 amide bonds. The minimum Gasteiger partial charge on any atom is -0.398 e. The summed E-state index contributed by atoms with van der Waals surface area (Å²) in [6.07, 6.45) is 0. The Morgan fingerprint density at radius 3 is 2.48 bits per heavy atom. The molecule has 0 spiro atoms. The topological polar surface area (TPSA) is 69.8 Å². The second-order valence-corrected chi connectivity index (χ2v) is 6.11. The van der Waals surface area contributed by atoms with Crippen molar-refractivity contribution in [1.29, 1.82) is 0 Å². The first-order chi connectivity index (χ1) is 9.76. The van der Waals surface area contributed by atoms with Gasteiger partial charge in [0.25, 0.3) is 5.91 Å². The van der Waals surface area contributed by atoms with Gasteiger partial charge < -0.3 is 15.7 Å². The van der Waals surface area contributed by atoms with E-state index in [1.165, 1.54) is 12.1 Å². The Balaban J connectivity index is 1.97. The molecular weight excluding hydrogens is 273 g/mol. The van der Waals surface area contributed by atoms with Gasteiger partial charge in [0.1, 0.15) is 5.82 Å². The molecule has 1 heterocycles. The number of β-amino-alcohol motifs (C(OH)–C–C–N with tert-alkyl or cyclic N) is 1. The molecule has 0 aliphatic carbocycles. The molecule has 1 fully saturated rings. The zero-order valence-electron chi connectivity index (χ0n) is 12.5. The van der Waals surface area contributed by atoms with Crippen molar-refractivity contribution >= 4 is 11.6 Å². The van der Waals surface area contributed by atoms with Crippen LogP contribution in [0.1, 0.15) is 24.2 Å². The van der Waals surface area contributed by atoms with E-state index in [1.807, 2.05) is 0 Å². The third kappa shape index (κ3) is 4.15. The van der Waals surface area contributed by atoms with Crippen molar-refractivity contribution in [2.24, 2.45) is 0 Å². The van der Waals surface area contributed by atoms with Crippen molar-refractivity contribution in [2.45, 2.75) is 19.4 Å². The van der Waals surface area contributed by atoms with Crippen molar-refractivity contribution in [3.05, 3.63) is 29.6 Å². The van der Waals surface area contributed by atoms with Crippen molar-refractivity contribution in [3.8, 4) is 0 Å². The zero-order valence-corrected chi connectivity index (χ0v) is 12.5. The standard InChI is InChI=1S/C15H22FN3O2/c1-15(2,21)10-18-5-7-19(8-6-18)14(20)12-4-3-11(16)9-13(12)17/h3-4,9,21H,5-8,10,17H2,1-2H3. The first kappa shape index (κ1) is 15.7. The van der Waals surface area contributed by atoms with Crippen LogP contribution in [0.5, 0.6) is 0 Å². The Morgan fingerprint density at radius 2 is 1.95 bits per heavy atom. The number of carbonyl (C=O) groups is 1. The normalized spacial score (nSPS) is 17.0. The summed E-state index contributed by atoms with van der Waals surface area (Å²) in [7, 11) is 0. The quantitative estimate of drug-likeness (QED) is 0.814. The predicted molar refractivity (Wildman–Crippen MR) is 79.5 cm³/mol. The number of amides is 1. The lowest BCUT2D eigenvalue weighted by molar-refractivity contribution is 0.0179. The fourth-order valence-corrected chi connectivity index (χ4v) is 2.55. The maximum absolute atomic E-state index is 13.0. The fraction of sp³-hybridized carbons (Fsp3) is 0.533. The average molecular weight is 295 g/mol. The summed E-state index contributed by atoms with van der Waals surface area (Å²) in [6, 6.07) is 3.84. The van der Waals surface area contributed by atoms with Gasteiger partial charge in [-0.05, 0) is 32.0 Å². The number of carbonyl (C=O) groups excluding carboxylic acids is 1. The van der Waals surface area contributed by atoms with Gasteiger partial charge in [0.05, 0.1) is 11.2 Å². The van der Waals surface area contributed by atoms with Crippen molar-refractivity contribution in [1.82, 2.24) is 9.80 Å². The number of rotatable bonds is 3. The van der Waals surface area contributed by atoms with E-state index in [-0.39, 0.29) is 11.6 Å². The molecule has 1 aliphatic heterocycles. The molecule has 6 heteroatoms. The van der Waals surface area contributed by atoms with E-state index in [4.69, 9.17) is 5.73 Å². The molecule has 0 saturated carbocycles. The molecule has 2 rings (SSSR count). The van der Waals surface area contributed by atoms with Gasteiger partial charge in [-0.3, -0.25) is 9.69 Å². The second kappa shape index (κ2) is 5.99. The van der Waals surface area contributed by atoms with E-state index in [2.05, 4.69) is 4.90 Å². The van der Waals surface area contributed by atoms with Gasteiger partial charge >= 0.3 is 0 Å². The number of nitrogen functional groups attached to an aromatic ring is 1. The summed E-state index contributed by atoms with van der Waals surface area (Å²) in [6.45, 7) is 6.67. The molecule has 1 aromatic carbocycles. The number of piperazine rings is 1. The number of hydrogen-bond donors (Lipinski definition) is 2. The van der Waals surface area contributed by atoms with E-state index in [0.29, 0.717) is 38.3 Å². The Hall–Kier alpha value is -1.66. The van der Waals surface area contributed by atoms with Crippen LogP contribution in [0.2, 0.25) is 0 Å². The smallest absolute Gasteiger partial charge is 0.256 e. The molecule has 0 atom stereocenters. The summed E-state index contributed by atoms with van der Waals surface area (Å²) in [5, 5.41) is 9.81. The number of nitrogens with zero attached hydrogens (tertiary/aromatic N) is 2. The lowest BCUT2D eigenvalue weighted by atomic mass is 10.1. The third-order valence-electron chi connectivity index (χ3n) is 3.51. The molecule has 0 radical (unpaired) electrons. The highest BCUT2D eigenvalue weighted by atomic mass is 19.1. The Kier molecular flexibility index (Phi) is 4.49. The van der Waals surface area contributed by atoms with Crippen molar-refractivity contribution in [2.75, 3.05) is 38.5 Å². The van der Waals surface area contributed by atoms with Gasteiger partial charge in [0, 0.05) is 38.4 Å². The molecule has 3 N–H and O–H groups in total. The van der Waals surface area contributed by atoms with Gasteiger partial charge in [-0.25, -0.2) is 4.39 Å². The van der Waals surface area contributed by atoms with E-state index in [1.54, 1.807) is 18.7 Å². The van der Waals surface area contributed by atoms with E-state index in [9.17, 15) is 14.3 Å². The average Bonchev–Trinajstić information content (AvgIpc) is 2.37. The molecule has 1 aromatic rings. The Bertz CT molecular complexity index is 520. The van der Waals surface area contributed by atoms with Crippen LogP contribution in [-0.2, 0) is 0 Å². The number of benzene rings is 1. The number of anilines is 1. The van der Waals surface area contributed by atoms with Crippen LogP contribution in [0.15, 0.2) is 18.2 Å². The van der Waals surface area contributed by atoms with Crippen molar-refractivity contribution < 1.29 is 14.3 Å². The van der Waals surface area contributed by atoms with Gasteiger partial charge in [-0.2, -0.15) is 0 Å². The molecule has 0 aromatic heterocycles. The monoisotopic (exact) mass is 295 g/mol. The molecule has 116 valence electrons. The lowest BCUT2D eigenvalue weighted by Crippen LogP contribution is -2.52. The van der Waals surface area contributed by atoms with Crippen LogP contribution in [0.4, 0.5) is 10.1 Å². The van der Waals surface area contributed by atoms with Gasteiger partial charge in [0.2, 0.25) is 0 Å². The molecule has 0 unspecified atom stereocenters. The van der Waals surface area contributed by atoms with Crippen LogP contribution in [0.3, 0.4) is 0 Å². The largest absolute Gasteiger partial charge is 0.398 e. The van der Waals surface area contributed by atoms with Crippen LogP contribution >= 0.6 is 0 Å². The Labute approximate surface area is 124 Å². The minimum atomic E-state index is -0.742. The van der Waals surface area contributed by atoms with E-state index in [0.717, 1.165) is 6.07 Å². The summed E-state index contributed by atoms with van der Waals surface area (Å²) in [5.74, 6) is -0.616. The zero-order chi connectivity index (χ0) is 15.6. The summed E-state index contributed by atoms with van der Waals surface area (Å²) in [5.41, 5.74) is 5.47. The molecule has 1 aliphatic rings. The highest BCUT2D eigenvalue weighted by molar-refractivity contribution is 5.99. The molecule has 21 heavy (non-hydrogen) atoms. The lowest BCUT2D eigenvalue weighted by Gasteiger charge is -2.37. The highest BCUT2D eigenvalue weighted by Crippen LogP contribution is 2.17. The Morgan fingerprint density at radius 1 is 1.33 bits per heavy atom. The summed E-state index contributed by atoms with van der Waals surface area (Å²) < 4.78 is 13.0. The van der Waals surface area contributed by atoms with E-state index >= 15 is 0 Å². The molecule has 5 nitrogen and oxygen atoms in total. The van der Waals surface area contributed by atoms with Crippen LogP contribution < -0.4 is 5.73 Å². The van der Waals surface area contributed by atoms with Crippen molar-refractivity contribution in [3.63, 3.8) is 0 Å². The molecule has 1 saturated heterocycles. The molecular formula is C15H22FN3O2. The van der Waals surface area contributed by atoms with Gasteiger partial charge in [-0.1, -0.05) is 0 Å². The summed E-state index contributed by atoms with van der Waals surface area (Å²) in [4.78, 5) is 16.2. The first-order valence-electron chi connectivity index (χ1n) is 7.05. The summed E-state index contributed by atoms with van der Waals surface area (Å²) >= 11 is 0. The number of hydrogen-bond acceptors (Lipinski definition) is 4. The maximum Gasteiger partial charge on any atom is 0.256 e. The van der Waals surface area contributed by atoms with Gasteiger partial charge in [0.15, 0.2) is 0 Å². The van der Waals surface area contributed by atoms with Crippen LogP contribution in [0.25, 0.3) is 0 Å².